The third kappa shape index (κ3) is 4.49. The Bertz CT molecular complexity index is 602. The lowest BCUT2D eigenvalue weighted by molar-refractivity contribution is 0.139. The molecule has 0 saturated carbocycles. The molecule has 0 aliphatic rings. The third-order valence-corrected chi connectivity index (χ3v) is 3.51. The second-order valence-corrected chi connectivity index (χ2v) is 5.20. The van der Waals surface area contributed by atoms with E-state index in [0.717, 1.165) is 15.6 Å². The van der Waals surface area contributed by atoms with Crippen LogP contribution in [0.15, 0.2) is 53.0 Å². The molecule has 0 heterocycles. The van der Waals surface area contributed by atoms with Gasteiger partial charge in [0.25, 0.3) is 0 Å². The summed E-state index contributed by atoms with van der Waals surface area (Å²) in [5.74, 6) is 0.709. The van der Waals surface area contributed by atoms with Crippen LogP contribution >= 0.6 is 15.9 Å². The van der Waals surface area contributed by atoms with Gasteiger partial charge in [0.2, 0.25) is 0 Å². The maximum atomic E-state index is 11.7. The lowest BCUT2D eigenvalue weighted by Gasteiger charge is -2.11. The zero-order valence-corrected chi connectivity index (χ0v) is 13.2. The van der Waals surface area contributed by atoms with E-state index in [4.69, 9.17) is 9.47 Å². The van der Waals surface area contributed by atoms with E-state index in [0.29, 0.717) is 12.3 Å². The number of amides is 1. The molecule has 0 aromatic heterocycles. The van der Waals surface area contributed by atoms with Gasteiger partial charge in [-0.25, -0.2) is 4.79 Å². The lowest BCUT2D eigenvalue weighted by Crippen LogP contribution is -2.23. The minimum atomic E-state index is -0.458. The molecular formula is C16H16BrNO3. The molecule has 110 valence electrons. The van der Waals surface area contributed by atoms with E-state index < -0.39 is 6.09 Å². The standard InChI is InChI=1S/C16H16BrNO3/c1-20-15-13(8-5-9-14(15)17)10-18-16(19)21-11-12-6-3-2-4-7-12/h2-9H,10-11H2,1H3,(H,18,19). The predicted octanol–water partition coefficient (Wildman–Crippen LogP) is 3.88. The number of carbonyl (C=O) groups is 1. The molecule has 2 aromatic carbocycles. The molecule has 0 atom stereocenters. The van der Waals surface area contributed by atoms with Gasteiger partial charge < -0.3 is 14.8 Å². The molecule has 5 heteroatoms. The van der Waals surface area contributed by atoms with Crippen LogP contribution in [-0.4, -0.2) is 13.2 Å². The van der Waals surface area contributed by atoms with Crippen molar-refractivity contribution in [2.45, 2.75) is 13.2 Å². The molecule has 1 N–H and O–H groups in total. The highest BCUT2D eigenvalue weighted by molar-refractivity contribution is 9.10. The Kier molecular flexibility index (Phi) is 5.63. The molecular weight excluding hydrogens is 334 g/mol. The van der Waals surface area contributed by atoms with E-state index in [1.807, 2.05) is 48.5 Å². The molecule has 0 bridgehead atoms. The highest BCUT2D eigenvalue weighted by Crippen LogP contribution is 2.28. The second-order valence-electron chi connectivity index (χ2n) is 4.35. The van der Waals surface area contributed by atoms with E-state index >= 15 is 0 Å². The van der Waals surface area contributed by atoms with Gasteiger partial charge in [-0.2, -0.15) is 0 Å². The van der Waals surface area contributed by atoms with Crippen molar-refractivity contribution in [1.82, 2.24) is 5.32 Å². The van der Waals surface area contributed by atoms with Crippen LogP contribution in [0.3, 0.4) is 0 Å². The first-order valence-corrected chi connectivity index (χ1v) is 7.26. The van der Waals surface area contributed by atoms with Crippen molar-refractivity contribution in [2.75, 3.05) is 7.11 Å². The van der Waals surface area contributed by atoms with Gasteiger partial charge in [0, 0.05) is 12.1 Å². The Labute approximate surface area is 132 Å². The molecule has 21 heavy (non-hydrogen) atoms. The maximum Gasteiger partial charge on any atom is 0.407 e. The predicted molar refractivity (Wildman–Crippen MR) is 84.2 cm³/mol. The van der Waals surface area contributed by atoms with Crippen LogP contribution in [0.1, 0.15) is 11.1 Å². The second kappa shape index (κ2) is 7.69. The molecule has 0 spiro atoms. The van der Waals surface area contributed by atoms with Crippen LogP contribution in [0.25, 0.3) is 0 Å². The van der Waals surface area contributed by atoms with Crippen LogP contribution in [0.4, 0.5) is 4.79 Å². The molecule has 0 unspecified atom stereocenters. The van der Waals surface area contributed by atoms with Crippen molar-refractivity contribution < 1.29 is 14.3 Å². The molecule has 0 radical (unpaired) electrons. The third-order valence-electron chi connectivity index (χ3n) is 2.89. The molecule has 0 saturated heterocycles. The zero-order chi connectivity index (χ0) is 15.1. The van der Waals surface area contributed by atoms with E-state index in [1.165, 1.54) is 0 Å². The van der Waals surface area contributed by atoms with Crippen LogP contribution in [0.2, 0.25) is 0 Å². The van der Waals surface area contributed by atoms with E-state index in [1.54, 1.807) is 7.11 Å². The van der Waals surface area contributed by atoms with E-state index in [9.17, 15) is 4.79 Å². The van der Waals surface area contributed by atoms with E-state index in [-0.39, 0.29) is 6.61 Å². The first-order valence-electron chi connectivity index (χ1n) is 6.46. The number of carbonyl (C=O) groups excluding carboxylic acids is 1. The molecule has 2 aromatic rings. The Balaban J connectivity index is 1.86. The summed E-state index contributed by atoms with van der Waals surface area (Å²) >= 11 is 3.41. The summed E-state index contributed by atoms with van der Waals surface area (Å²) in [6, 6.07) is 15.2. The SMILES string of the molecule is COc1c(Br)cccc1CNC(=O)OCc1ccccc1. The first-order chi connectivity index (χ1) is 10.2. The first kappa shape index (κ1) is 15.4. The monoisotopic (exact) mass is 349 g/mol. The Morgan fingerprint density at radius 3 is 2.62 bits per heavy atom. The highest BCUT2D eigenvalue weighted by atomic mass is 79.9. The zero-order valence-electron chi connectivity index (χ0n) is 11.6. The maximum absolute atomic E-state index is 11.7. The largest absolute Gasteiger partial charge is 0.495 e. The lowest BCUT2D eigenvalue weighted by atomic mass is 10.2. The number of nitrogens with one attached hydrogen (secondary N) is 1. The van der Waals surface area contributed by atoms with Crippen molar-refractivity contribution >= 4 is 22.0 Å². The fourth-order valence-corrected chi connectivity index (χ4v) is 2.43. The number of hydrogen-bond acceptors (Lipinski definition) is 3. The molecule has 1 amide bonds. The topological polar surface area (TPSA) is 47.6 Å². The summed E-state index contributed by atoms with van der Waals surface area (Å²) in [6.07, 6.45) is -0.458. The minimum absolute atomic E-state index is 0.252. The molecule has 2 rings (SSSR count). The van der Waals surface area contributed by atoms with Gasteiger partial charge in [-0.1, -0.05) is 42.5 Å². The van der Waals surface area contributed by atoms with Crippen LogP contribution < -0.4 is 10.1 Å². The normalized spacial score (nSPS) is 10.0. The van der Waals surface area contributed by atoms with Crippen molar-refractivity contribution in [3.8, 4) is 5.75 Å². The average molecular weight is 350 g/mol. The number of para-hydroxylation sites is 1. The summed E-state index contributed by atoms with van der Waals surface area (Å²) in [5.41, 5.74) is 1.83. The van der Waals surface area contributed by atoms with Gasteiger partial charge >= 0.3 is 6.09 Å². The van der Waals surface area contributed by atoms with Crippen molar-refractivity contribution in [1.29, 1.82) is 0 Å². The van der Waals surface area contributed by atoms with E-state index in [2.05, 4.69) is 21.2 Å². The Hall–Kier alpha value is -2.01. The molecule has 0 aliphatic heterocycles. The quantitative estimate of drug-likeness (QED) is 0.890. The molecule has 0 aliphatic carbocycles. The number of alkyl carbamates (subject to hydrolysis) is 1. The number of benzene rings is 2. The fourth-order valence-electron chi connectivity index (χ4n) is 1.86. The summed E-state index contributed by atoms with van der Waals surface area (Å²) < 4.78 is 11.3. The number of ether oxygens (including phenoxy) is 2. The number of rotatable bonds is 5. The van der Waals surface area contributed by atoms with Gasteiger partial charge in [-0.3, -0.25) is 0 Å². The summed E-state index contributed by atoms with van der Waals surface area (Å²) in [5, 5.41) is 2.71. The minimum Gasteiger partial charge on any atom is -0.495 e. The van der Waals surface area contributed by atoms with Crippen LogP contribution in [-0.2, 0) is 17.9 Å². The van der Waals surface area contributed by atoms with Gasteiger partial charge in [-0.15, -0.1) is 0 Å². The summed E-state index contributed by atoms with van der Waals surface area (Å²) in [7, 11) is 1.59. The van der Waals surface area contributed by atoms with Crippen LogP contribution in [0.5, 0.6) is 5.75 Å². The highest BCUT2D eigenvalue weighted by Gasteiger charge is 2.09. The Morgan fingerprint density at radius 2 is 1.90 bits per heavy atom. The fraction of sp³-hybridized carbons (Fsp3) is 0.188. The van der Waals surface area contributed by atoms with Crippen molar-refractivity contribution in [3.63, 3.8) is 0 Å². The molecule has 4 nitrogen and oxygen atoms in total. The molecule has 0 fully saturated rings. The number of halogens is 1. The average Bonchev–Trinajstić information content (AvgIpc) is 2.52. The Morgan fingerprint density at radius 1 is 1.14 bits per heavy atom. The smallest absolute Gasteiger partial charge is 0.407 e. The van der Waals surface area contributed by atoms with Crippen molar-refractivity contribution in [2.24, 2.45) is 0 Å². The number of hydrogen-bond donors (Lipinski definition) is 1. The van der Waals surface area contributed by atoms with Crippen molar-refractivity contribution in [3.05, 3.63) is 64.1 Å². The van der Waals surface area contributed by atoms with Gasteiger partial charge in [0.05, 0.1) is 11.6 Å². The summed E-state index contributed by atoms with van der Waals surface area (Å²) in [4.78, 5) is 11.7. The van der Waals surface area contributed by atoms with Crippen LogP contribution in [0, 0.1) is 0 Å². The van der Waals surface area contributed by atoms with Gasteiger partial charge in [0.1, 0.15) is 12.4 Å². The van der Waals surface area contributed by atoms with Gasteiger partial charge in [-0.05, 0) is 27.6 Å². The number of methoxy groups -OCH3 is 1. The summed E-state index contributed by atoms with van der Waals surface area (Å²) in [6.45, 7) is 0.596. The van der Waals surface area contributed by atoms with Gasteiger partial charge in [0.15, 0.2) is 0 Å².